The van der Waals surface area contributed by atoms with Crippen LogP contribution in [0.2, 0.25) is 5.02 Å². The van der Waals surface area contributed by atoms with Gasteiger partial charge in [-0.2, -0.15) is 5.26 Å². The Morgan fingerprint density at radius 1 is 1.12 bits per heavy atom. The van der Waals surface area contributed by atoms with Gasteiger partial charge in [-0.15, -0.1) is 0 Å². The van der Waals surface area contributed by atoms with Crippen LogP contribution < -0.4 is 9.46 Å². The zero-order valence-corrected chi connectivity index (χ0v) is 20.4. The highest BCUT2D eigenvalue weighted by molar-refractivity contribution is 7.92. The van der Waals surface area contributed by atoms with Crippen LogP contribution >= 0.6 is 11.6 Å². The number of nitriles is 1. The van der Waals surface area contributed by atoms with Gasteiger partial charge in [0.1, 0.15) is 17.9 Å². The van der Waals surface area contributed by atoms with E-state index in [0.717, 1.165) is 32.1 Å². The van der Waals surface area contributed by atoms with Crippen LogP contribution in [0.25, 0.3) is 0 Å². The minimum absolute atomic E-state index is 0.00654. The Hall–Kier alpha value is -2.80. The topological polar surface area (TPSA) is 115 Å². The number of anilines is 1. The third-order valence-electron chi connectivity index (χ3n) is 6.15. The maximum absolute atomic E-state index is 13.6. The van der Waals surface area contributed by atoms with Crippen molar-refractivity contribution in [2.75, 3.05) is 18.9 Å². The van der Waals surface area contributed by atoms with Gasteiger partial charge in [0.05, 0.1) is 39.9 Å². The molecule has 180 valence electrons. The Morgan fingerprint density at radius 3 is 2.50 bits per heavy atom. The molecule has 0 amide bonds. The van der Waals surface area contributed by atoms with Crippen molar-refractivity contribution in [3.05, 3.63) is 52.0 Å². The summed E-state index contributed by atoms with van der Waals surface area (Å²) in [4.78, 5) is 12.0. The Kier molecular flexibility index (Phi) is 7.03. The number of ether oxygens (including phenoxy) is 3. The van der Waals surface area contributed by atoms with E-state index in [1.165, 1.54) is 25.3 Å². The lowest BCUT2D eigenvalue weighted by Gasteiger charge is -2.23. The van der Waals surface area contributed by atoms with E-state index in [4.69, 9.17) is 25.8 Å². The van der Waals surface area contributed by atoms with Gasteiger partial charge in [0.15, 0.2) is 0 Å². The third-order valence-corrected chi connectivity index (χ3v) is 7.88. The standard InChI is InChI=1S/C24H25ClN2O6S/c1-31-20-4-3-5-21(20)33-22-12-18(25)16(13-26)10-19(22)27-34(29,30)23-11-15(24(28)32-2)8-9-17(23)14-6-7-14/h8-12,14,20-21,27H,3-7H2,1-2H3/t20-,21-/m1/s1. The van der Waals surface area contributed by atoms with Crippen molar-refractivity contribution in [3.63, 3.8) is 0 Å². The minimum Gasteiger partial charge on any atom is -0.485 e. The Labute approximate surface area is 203 Å². The second-order valence-electron chi connectivity index (χ2n) is 8.43. The number of esters is 1. The van der Waals surface area contributed by atoms with Crippen molar-refractivity contribution in [2.24, 2.45) is 0 Å². The first-order valence-corrected chi connectivity index (χ1v) is 12.8. The SMILES string of the molecule is COC(=O)c1ccc(C2CC2)c(S(=O)(=O)Nc2cc(C#N)c(Cl)cc2O[C@@H]2CCC[C@H]2OC)c1. The molecule has 2 aliphatic rings. The van der Waals surface area contributed by atoms with Crippen LogP contribution in [0.4, 0.5) is 5.69 Å². The molecule has 34 heavy (non-hydrogen) atoms. The fraction of sp³-hybridized carbons (Fsp3) is 0.417. The summed E-state index contributed by atoms with van der Waals surface area (Å²) < 4.78 is 46.0. The number of hydrogen-bond donors (Lipinski definition) is 1. The van der Waals surface area contributed by atoms with E-state index in [0.29, 0.717) is 5.56 Å². The number of methoxy groups -OCH3 is 2. The number of benzene rings is 2. The number of rotatable bonds is 8. The van der Waals surface area contributed by atoms with Gasteiger partial charge in [-0.1, -0.05) is 17.7 Å². The number of sulfonamides is 1. The van der Waals surface area contributed by atoms with Gasteiger partial charge in [-0.3, -0.25) is 4.72 Å². The van der Waals surface area contributed by atoms with Crippen LogP contribution in [0, 0.1) is 11.3 Å². The largest absolute Gasteiger partial charge is 0.485 e. The van der Waals surface area contributed by atoms with Crippen LogP contribution in [0.3, 0.4) is 0 Å². The van der Waals surface area contributed by atoms with Crippen LogP contribution in [-0.2, 0) is 19.5 Å². The molecule has 0 spiro atoms. The molecule has 4 rings (SSSR count). The number of hydrogen-bond acceptors (Lipinski definition) is 7. The fourth-order valence-corrected chi connectivity index (χ4v) is 5.80. The summed E-state index contributed by atoms with van der Waals surface area (Å²) in [5, 5.41) is 9.59. The van der Waals surface area contributed by atoms with Crippen LogP contribution in [0.5, 0.6) is 5.75 Å². The Balaban J connectivity index is 1.74. The third kappa shape index (κ3) is 4.99. The average molecular weight is 505 g/mol. The highest BCUT2D eigenvalue weighted by atomic mass is 35.5. The lowest BCUT2D eigenvalue weighted by molar-refractivity contribution is 0.0232. The molecule has 2 saturated carbocycles. The molecule has 0 bridgehead atoms. The fourth-order valence-electron chi connectivity index (χ4n) is 4.22. The number of carbonyl (C=O) groups excluding carboxylic acids is 1. The van der Waals surface area contributed by atoms with Crippen molar-refractivity contribution in [1.29, 1.82) is 5.26 Å². The van der Waals surface area contributed by atoms with Crippen LogP contribution in [0.1, 0.15) is 59.5 Å². The van der Waals surface area contributed by atoms with Gasteiger partial charge in [0, 0.05) is 13.2 Å². The molecule has 2 aliphatic carbocycles. The zero-order valence-electron chi connectivity index (χ0n) is 18.8. The molecule has 2 fully saturated rings. The molecule has 0 heterocycles. The lowest BCUT2D eigenvalue weighted by Crippen LogP contribution is -2.28. The molecule has 0 unspecified atom stereocenters. The minimum atomic E-state index is -4.15. The van der Waals surface area contributed by atoms with Crippen molar-refractivity contribution >= 4 is 33.3 Å². The molecule has 0 aromatic heterocycles. The first kappa shape index (κ1) is 24.3. The molecular weight excluding hydrogens is 480 g/mol. The molecule has 0 saturated heterocycles. The Bertz CT molecular complexity index is 1250. The molecule has 2 aromatic rings. The monoisotopic (exact) mass is 504 g/mol. The van der Waals surface area contributed by atoms with Gasteiger partial charge < -0.3 is 14.2 Å². The molecule has 1 N–H and O–H groups in total. The van der Waals surface area contributed by atoms with Gasteiger partial charge in [0.25, 0.3) is 10.0 Å². The van der Waals surface area contributed by atoms with E-state index in [-0.39, 0.29) is 50.6 Å². The predicted octanol–water partition coefficient (Wildman–Crippen LogP) is 4.62. The van der Waals surface area contributed by atoms with Crippen LogP contribution in [-0.4, -0.2) is 40.8 Å². The molecule has 10 heteroatoms. The summed E-state index contributed by atoms with van der Waals surface area (Å²) in [6, 6.07) is 9.30. The van der Waals surface area contributed by atoms with E-state index in [1.54, 1.807) is 19.2 Å². The van der Waals surface area contributed by atoms with Gasteiger partial charge in [0.2, 0.25) is 0 Å². The van der Waals surface area contributed by atoms with Gasteiger partial charge >= 0.3 is 5.97 Å². The normalized spacial score (nSPS) is 19.9. The van der Waals surface area contributed by atoms with Crippen molar-refractivity contribution in [3.8, 4) is 11.8 Å². The number of nitrogens with zero attached hydrogens (tertiary/aromatic N) is 1. The van der Waals surface area contributed by atoms with E-state index in [9.17, 15) is 18.5 Å². The maximum atomic E-state index is 13.6. The summed E-state index contributed by atoms with van der Waals surface area (Å²) >= 11 is 6.23. The van der Waals surface area contributed by atoms with Crippen molar-refractivity contribution < 1.29 is 27.4 Å². The van der Waals surface area contributed by atoms with E-state index >= 15 is 0 Å². The smallest absolute Gasteiger partial charge is 0.337 e. The highest BCUT2D eigenvalue weighted by Gasteiger charge is 2.33. The molecule has 0 radical (unpaired) electrons. The molecular formula is C24H25ClN2O6S. The van der Waals surface area contributed by atoms with Crippen LogP contribution in [0.15, 0.2) is 35.2 Å². The molecule has 2 atom stereocenters. The summed E-state index contributed by atoms with van der Waals surface area (Å²) in [6.07, 6.45) is 3.83. The predicted molar refractivity (Wildman–Crippen MR) is 126 cm³/mol. The van der Waals surface area contributed by atoms with E-state index in [1.807, 2.05) is 6.07 Å². The van der Waals surface area contributed by atoms with E-state index in [2.05, 4.69) is 4.72 Å². The summed E-state index contributed by atoms with van der Waals surface area (Å²) in [7, 11) is -1.30. The molecule has 8 nitrogen and oxygen atoms in total. The quantitative estimate of drug-likeness (QED) is 0.521. The number of halogens is 1. The van der Waals surface area contributed by atoms with Crippen molar-refractivity contribution in [1.82, 2.24) is 0 Å². The number of nitrogens with one attached hydrogen (secondary N) is 1. The maximum Gasteiger partial charge on any atom is 0.337 e. The number of carbonyl (C=O) groups is 1. The van der Waals surface area contributed by atoms with E-state index < -0.39 is 16.0 Å². The highest BCUT2D eigenvalue weighted by Crippen LogP contribution is 2.44. The summed E-state index contributed by atoms with van der Waals surface area (Å²) in [5.41, 5.74) is 0.957. The second kappa shape index (κ2) is 9.82. The first-order chi connectivity index (χ1) is 16.3. The first-order valence-electron chi connectivity index (χ1n) is 11.0. The van der Waals surface area contributed by atoms with Gasteiger partial charge in [-0.25, -0.2) is 13.2 Å². The van der Waals surface area contributed by atoms with Crippen molar-refractivity contribution in [2.45, 2.75) is 55.1 Å². The lowest BCUT2D eigenvalue weighted by atomic mass is 10.1. The van der Waals surface area contributed by atoms with Gasteiger partial charge in [-0.05, 0) is 61.8 Å². The zero-order chi connectivity index (χ0) is 24.5. The second-order valence-corrected chi connectivity index (χ2v) is 10.5. The summed E-state index contributed by atoms with van der Waals surface area (Å²) in [6.45, 7) is 0. The Morgan fingerprint density at radius 2 is 1.85 bits per heavy atom. The average Bonchev–Trinajstić information content (AvgIpc) is 3.58. The molecule has 0 aliphatic heterocycles. The summed E-state index contributed by atoms with van der Waals surface area (Å²) in [5.74, 6) is -0.318. The molecule has 2 aromatic carbocycles.